The minimum absolute atomic E-state index is 0.103. The maximum Gasteiger partial charge on any atom is 0.326 e. The van der Waals surface area contributed by atoms with Crippen LogP contribution in [0.15, 0.2) is 48.5 Å². The first-order valence-corrected chi connectivity index (χ1v) is 12.0. The molecular weight excluding hydrogens is 469 g/mol. The second-order valence-corrected chi connectivity index (χ2v) is 9.39. The van der Waals surface area contributed by atoms with Crippen LogP contribution in [0.1, 0.15) is 18.4 Å². The Bertz CT molecular complexity index is 1050. The first-order chi connectivity index (χ1) is 17.2. The number of hydrogen-bond acceptors (Lipinski definition) is 7. The van der Waals surface area contributed by atoms with Crippen molar-refractivity contribution >= 4 is 11.9 Å². The van der Waals surface area contributed by atoms with Gasteiger partial charge < -0.3 is 24.6 Å². The molecule has 2 aromatic rings. The highest BCUT2D eigenvalue weighted by atomic mass is 19.1. The van der Waals surface area contributed by atoms with Crippen LogP contribution in [0.5, 0.6) is 11.5 Å². The van der Waals surface area contributed by atoms with Gasteiger partial charge in [-0.3, -0.25) is 14.6 Å². The van der Waals surface area contributed by atoms with Crippen LogP contribution in [-0.4, -0.2) is 95.0 Å². The molecule has 2 aliphatic heterocycles. The molecule has 0 saturated carbocycles. The molecule has 36 heavy (non-hydrogen) atoms. The SMILES string of the molecule is CN1CC(=O)N(CCCOc2ccc(CN3CC[C@H](O)[C@@](O)(COc4ccc(F)cc4)C3)cc2)C1=O. The zero-order valence-corrected chi connectivity index (χ0v) is 20.3. The summed E-state index contributed by atoms with van der Waals surface area (Å²) in [6.07, 6.45) is 0.0286. The van der Waals surface area contributed by atoms with Crippen LogP contribution in [0.2, 0.25) is 0 Å². The normalized spacial score (nSPS) is 22.8. The molecule has 2 heterocycles. The molecule has 0 unspecified atom stereocenters. The molecule has 9 nitrogen and oxygen atoms in total. The maximum atomic E-state index is 13.1. The molecule has 0 bridgehead atoms. The molecule has 2 aromatic carbocycles. The van der Waals surface area contributed by atoms with Crippen LogP contribution >= 0.6 is 0 Å². The molecule has 2 saturated heterocycles. The number of ether oxygens (including phenoxy) is 2. The highest BCUT2D eigenvalue weighted by Crippen LogP contribution is 2.25. The van der Waals surface area contributed by atoms with Crippen molar-refractivity contribution in [3.63, 3.8) is 0 Å². The Balaban J connectivity index is 1.23. The minimum Gasteiger partial charge on any atom is -0.494 e. The molecule has 3 amide bonds. The van der Waals surface area contributed by atoms with E-state index in [0.717, 1.165) is 5.56 Å². The van der Waals surface area contributed by atoms with Crippen LogP contribution in [0.3, 0.4) is 0 Å². The Hall–Kier alpha value is -3.21. The molecule has 2 atom stereocenters. The summed E-state index contributed by atoms with van der Waals surface area (Å²) < 4.78 is 24.5. The summed E-state index contributed by atoms with van der Waals surface area (Å²) in [7, 11) is 1.60. The van der Waals surface area contributed by atoms with Gasteiger partial charge in [-0.1, -0.05) is 12.1 Å². The van der Waals surface area contributed by atoms with Gasteiger partial charge in [0.15, 0.2) is 0 Å². The molecular formula is C26H32FN3O6. The lowest BCUT2D eigenvalue weighted by Gasteiger charge is -2.42. The van der Waals surface area contributed by atoms with Crippen molar-refractivity contribution in [2.45, 2.75) is 31.1 Å². The summed E-state index contributed by atoms with van der Waals surface area (Å²) in [6, 6.07) is 12.9. The van der Waals surface area contributed by atoms with E-state index in [9.17, 15) is 24.2 Å². The third-order valence-corrected chi connectivity index (χ3v) is 6.49. The van der Waals surface area contributed by atoms with E-state index < -0.39 is 11.7 Å². The van der Waals surface area contributed by atoms with Gasteiger partial charge in [-0.2, -0.15) is 0 Å². The number of aliphatic hydroxyl groups excluding tert-OH is 1. The van der Waals surface area contributed by atoms with Crippen LogP contribution in [0, 0.1) is 5.82 Å². The van der Waals surface area contributed by atoms with E-state index in [1.807, 2.05) is 24.3 Å². The number of likely N-dealkylation sites (tertiary alicyclic amines) is 1. The first kappa shape index (κ1) is 25.9. The van der Waals surface area contributed by atoms with Gasteiger partial charge in [0.25, 0.3) is 0 Å². The van der Waals surface area contributed by atoms with E-state index in [1.54, 1.807) is 7.05 Å². The average molecular weight is 502 g/mol. The predicted molar refractivity (Wildman–Crippen MR) is 129 cm³/mol. The molecule has 0 spiro atoms. The van der Waals surface area contributed by atoms with Crippen molar-refractivity contribution in [1.29, 1.82) is 0 Å². The first-order valence-electron chi connectivity index (χ1n) is 12.0. The number of nitrogens with zero attached hydrogens (tertiary/aromatic N) is 3. The predicted octanol–water partition coefficient (Wildman–Crippen LogP) is 1.87. The lowest BCUT2D eigenvalue weighted by atomic mass is 9.90. The van der Waals surface area contributed by atoms with Gasteiger partial charge in [-0.25, -0.2) is 9.18 Å². The number of likely N-dealkylation sites (N-methyl/N-ethyl adjacent to an activating group) is 1. The van der Waals surface area contributed by atoms with Gasteiger partial charge in [0, 0.05) is 33.2 Å². The Morgan fingerprint density at radius 3 is 2.39 bits per heavy atom. The van der Waals surface area contributed by atoms with Gasteiger partial charge in [-0.15, -0.1) is 0 Å². The van der Waals surface area contributed by atoms with Crippen LogP contribution < -0.4 is 9.47 Å². The van der Waals surface area contributed by atoms with Crippen LogP contribution in [0.25, 0.3) is 0 Å². The second kappa shape index (κ2) is 11.2. The van der Waals surface area contributed by atoms with Crippen molar-refractivity contribution in [3.05, 3.63) is 59.9 Å². The van der Waals surface area contributed by atoms with E-state index in [2.05, 4.69) is 4.90 Å². The number of halogens is 1. The summed E-state index contributed by atoms with van der Waals surface area (Å²) >= 11 is 0. The van der Waals surface area contributed by atoms with Crippen molar-refractivity contribution in [2.75, 3.05) is 46.4 Å². The van der Waals surface area contributed by atoms with Gasteiger partial charge in [0.2, 0.25) is 5.91 Å². The summed E-state index contributed by atoms with van der Waals surface area (Å²) in [5, 5.41) is 21.4. The highest BCUT2D eigenvalue weighted by molar-refractivity contribution is 6.01. The maximum absolute atomic E-state index is 13.1. The fraction of sp³-hybridized carbons (Fsp3) is 0.462. The Morgan fingerprint density at radius 1 is 1.06 bits per heavy atom. The topological polar surface area (TPSA) is 103 Å². The molecule has 194 valence electrons. The number of aliphatic hydroxyl groups is 2. The average Bonchev–Trinajstić information content (AvgIpc) is 3.10. The summed E-state index contributed by atoms with van der Waals surface area (Å²) in [6.45, 7) is 2.17. The quantitative estimate of drug-likeness (QED) is 0.379. The molecule has 0 aromatic heterocycles. The van der Waals surface area contributed by atoms with E-state index >= 15 is 0 Å². The number of piperidine rings is 1. The number of β-amino-alcohol motifs (C(OH)–C–C–N with tert-alkyl or cyclic N) is 1. The Kier molecular flexibility index (Phi) is 8.07. The highest BCUT2D eigenvalue weighted by Gasteiger charge is 2.42. The molecule has 0 radical (unpaired) electrons. The van der Waals surface area contributed by atoms with Crippen LogP contribution in [-0.2, 0) is 11.3 Å². The van der Waals surface area contributed by atoms with E-state index in [0.29, 0.717) is 50.6 Å². The Labute approximate surface area is 209 Å². The third-order valence-electron chi connectivity index (χ3n) is 6.49. The number of imide groups is 1. The fourth-order valence-electron chi connectivity index (χ4n) is 4.41. The molecule has 2 aliphatic rings. The number of hydrogen-bond donors (Lipinski definition) is 2. The summed E-state index contributed by atoms with van der Waals surface area (Å²) in [5.74, 6) is 0.555. The largest absolute Gasteiger partial charge is 0.494 e. The molecule has 10 heteroatoms. The lowest BCUT2D eigenvalue weighted by Crippen LogP contribution is -2.59. The number of amides is 3. The monoisotopic (exact) mass is 501 g/mol. The third kappa shape index (κ3) is 6.31. The summed E-state index contributed by atoms with van der Waals surface area (Å²) in [4.78, 5) is 28.4. The van der Waals surface area contributed by atoms with Gasteiger partial charge >= 0.3 is 6.03 Å². The zero-order valence-electron chi connectivity index (χ0n) is 20.3. The summed E-state index contributed by atoms with van der Waals surface area (Å²) in [5.41, 5.74) is -0.417. The molecule has 0 aliphatic carbocycles. The van der Waals surface area contributed by atoms with E-state index in [-0.39, 0.29) is 37.5 Å². The lowest BCUT2D eigenvalue weighted by molar-refractivity contribution is -0.140. The molecule has 4 rings (SSSR count). The van der Waals surface area contributed by atoms with Crippen molar-refractivity contribution in [3.8, 4) is 11.5 Å². The number of urea groups is 1. The number of carbonyl (C=O) groups excluding carboxylic acids is 2. The smallest absolute Gasteiger partial charge is 0.326 e. The Morgan fingerprint density at radius 2 is 1.72 bits per heavy atom. The minimum atomic E-state index is -1.44. The molecule has 2 fully saturated rings. The second-order valence-electron chi connectivity index (χ2n) is 9.39. The number of benzene rings is 2. The van der Waals surface area contributed by atoms with Crippen molar-refractivity contribution < 1.29 is 33.7 Å². The van der Waals surface area contributed by atoms with E-state index in [4.69, 9.17) is 9.47 Å². The van der Waals surface area contributed by atoms with Crippen molar-refractivity contribution in [1.82, 2.24) is 14.7 Å². The number of carbonyl (C=O) groups is 2. The standard InChI is InChI=1S/C26H32FN3O6/c1-28-16-24(32)30(25(28)33)12-2-14-35-21-7-3-19(4-8-21)15-29-13-11-23(31)26(34,17-29)18-36-22-9-5-20(27)6-10-22/h3-10,23,31,34H,2,11-18H2,1H3/t23-,26-/m0/s1. The van der Waals surface area contributed by atoms with Gasteiger partial charge in [0.1, 0.15) is 36.1 Å². The number of rotatable bonds is 10. The molecule has 2 N–H and O–H groups in total. The van der Waals surface area contributed by atoms with Gasteiger partial charge in [-0.05, 0) is 54.8 Å². The van der Waals surface area contributed by atoms with Crippen LogP contribution in [0.4, 0.5) is 9.18 Å². The van der Waals surface area contributed by atoms with Crippen molar-refractivity contribution in [2.24, 2.45) is 0 Å². The van der Waals surface area contributed by atoms with E-state index in [1.165, 1.54) is 34.1 Å². The van der Waals surface area contributed by atoms with Gasteiger partial charge in [0.05, 0.1) is 12.7 Å². The fourth-order valence-corrected chi connectivity index (χ4v) is 4.41. The zero-order chi connectivity index (χ0) is 25.7.